The first-order chi connectivity index (χ1) is 4.30. The fourth-order valence-corrected chi connectivity index (χ4v) is 2.09. The molecule has 9 heavy (non-hydrogen) atoms. The normalized spacial score (nSPS) is 21.8. The largest absolute Gasteiger partial charge is 0.369 e. The third kappa shape index (κ3) is 1.90. The first kappa shape index (κ1) is 6.93. The van der Waals surface area contributed by atoms with Crippen LogP contribution in [0.25, 0.3) is 0 Å². The van der Waals surface area contributed by atoms with Crippen LogP contribution >= 0.6 is 11.8 Å². The van der Waals surface area contributed by atoms with Crippen LogP contribution in [0.15, 0.2) is 0 Å². The van der Waals surface area contributed by atoms with Crippen molar-refractivity contribution in [1.82, 2.24) is 0 Å². The highest BCUT2D eigenvalue weighted by molar-refractivity contribution is 7.99. The number of carbonyl (C=O) groups is 1. The number of carbonyl (C=O) groups excluding carboxylic acids is 1. The second-order valence-electron chi connectivity index (χ2n) is 2.29. The Bertz CT molecular complexity index is 110. The average molecular weight is 145 g/mol. The quantitative estimate of drug-likeness (QED) is 0.587. The molecule has 1 amide bonds. The summed E-state index contributed by atoms with van der Waals surface area (Å²) in [6.45, 7) is 0. The van der Waals surface area contributed by atoms with E-state index >= 15 is 0 Å². The lowest BCUT2D eigenvalue weighted by Crippen LogP contribution is -2.26. The van der Waals surface area contributed by atoms with Crippen molar-refractivity contribution in [3.05, 3.63) is 0 Å². The van der Waals surface area contributed by atoms with Gasteiger partial charge in [0.15, 0.2) is 0 Å². The highest BCUT2D eigenvalue weighted by Crippen LogP contribution is 2.21. The molecule has 3 heteroatoms. The SMILES string of the molecule is NC(=O)C1CCSCC1. The number of hydrogen-bond acceptors (Lipinski definition) is 2. The van der Waals surface area contributed by atoms with Crippen molar-refractivity contribution < 1.29 is 4.79 Å². The number of thioether (sulfide) groups is 1. The molecule has 0 spiro atoms. The minimum Gasteiger partial charge on any atom is -0.369 e. The number of rotatable bonds is 1. The number of nitrogens with two attached hydrogens (primary N) is 1. The molecule has 1 heterocycles. The number of amides is 1. The van der Waals surface area contributed by atoms with Crippen molar-refractivity contribution in [2.24, 2.45) is 11.7 Å². The monoisotopic (exact) mass is 145 g/mol. The van der Waals surface area contributed by atoms with Gasteiger partial charge in [0.05, 0.1) is 0 Å². The smallest absolute Gasteiger partial charge is 0.220 e. The minimum atomic E-state index is -0.115. The van der Waals surface area contributed by atoms with Crippen molar-refractivity contribution in [2.45, 2.75) is 12.8 Å². The molecule has 1 aliphatic rings. The molecule has 0 aliphatic carbocycles. The fourth-order valence-electron chi connectivity index (χ4n) is 0.982. The van der Waals surface area contributed by atoms with E-state index in [1.807, 2.05) is 11.8 Å². The maximum absolute atomic E-state index is 10.6. The summed E-state index contributed by atoms with van der Waals surface area (Å²) >= 11 is 1.91. The standard InChI is InChI=1S/C6H11NOS/c7-6(8)5-1-3-9-4-2-5/h5H,1-4H2,(H2,7,8). The third-order valence-electron chi connectivity index (χ3n) is 1.62. The summed E-state index contributed by atoms with van der Waals surface area (Å²) in [4.78, 5) is 10.6. The van der Waals surface area contributed by atoms with Crippen LogP contribution in [0.1, 0.15) is 12.8 Å². The Labute approximate surface area is 59.2 Å². The molecule has 1 saturated heterocycles. The van der Waals surface area contributed by atoms with Crippen molar-refractivity contribution in [1.29, 1.82) is 0 Å². The van der Waals surface area contributed by atoms with Gasteiger partial charge in [-0.1, -0.05) is 0 Å². The van der Waals surface area contributed by atoms with Crippen molar-refractivity contribution in [2.75, 3.05) is 11.5 Å². The van der Waals surface area contributed by atoms with Gasteiger partial charge in [-0.25, -0.2) is 0 Å². The Morgan fingerprint density at radius 2 is 2.00 bits per heavy atom. The maximum atomic E-state index is 10.6. The lowest BCUT2D eigenvalue weighted by atomic mass is 10.0. The summed E-state index contributed by atoms with van der Waals surface area (Å²) in [5.74, 6) is 2.27. The molecule has 1 aliphatic heterocycles. The Balaban J connectivity index is 2.31. The van der Waals surface area contributed by atoms with Gasteiger partial charge >= 0.3 is 0 Å². The van der Waals surface area contributed by atoms with Crippen LogP contribution < -0.4 is 5.73 Å². The lowest BCUT2D eigenvalue weighted by Gasteiger charge is -2.17. The van der Waals surface area contributed by atoms with E-state index < -0.39 is 0 Å². The molecule has 2 nitrogen and oxygen atoms in total. The Morgan fingerprint density at radius 1 is 1.44 bits per heavy atom. The number of hydrogen-bond donors (Lipinski definition) is 1. The van der Waals surface area contributed by atoms with E-state index in [1.165, 1.54) is 0 Å². The zero-order valence-electron chi connectivity index (χ0n) is 5.30. The second-order valence-corrected chi connectivity index (χ2v) is 3.51. The van der Waals surface area contributed by atoms with Gasteiger partial charge in [0, 0.05) is 5.92 Å². The summed E-state index contributed by atoms with van der Waals surface area (Å²) in [5.41, 5.74) is 5.12. The predicted molar refractivity (Wildman–Crippen MR) is 39.2 cm³/mol. The highest BCUT2D eigenvalue weighted by atomic mass is 32.2. The van der Waals surface area contributed by atoms with E-state index in [0.29, 0.717) is 0 Å². The summed E-state index contributed by atoms with van der Waals surface area (Å²) in [5, 5.41) is 0. The maximum Gasteiger partial charge on any atom is 0.220 e. The molecule has 52 valence electrons. The van der Waals surface area contributed by atoms with Gasteiger partial charge in [0.2, 0.25) is 5.91 Å². The van der Waals surface area contributed by atoms with Crippen molar-refractivity contribution >= 4 is 17.7 Å². The molecule has 0 atom stereocenters. The molecule has 0 bridgehead atoms. The van der Waals surface area contributed by atoms with Crippen LogP contribution in [-0.4, -0.2) is 17.4 Å². The molecule has 0 radical (unpaired) electrons. The lowest BCUT2D eigenvalue weighted by molar-refractivity contribution is -0.121. The topological polar surface area (TPSA) is 43.1 Å². The van der Waals surface area contributed by atoms with Gasteiger partial charge in [-0.2, -0.15) is 11.8 Å². The molecular formula is C6H11NOS. The van der Waals surface area contributed by atoms with Gasteiger partial charge in [0.1, 0.15) is 0 Å². The van der Waals surface area contributed by atoms with Crippen LogP contribution in [0.2, 0.25) is 0 Å². The van der Waals surface area contributed by atoms with E-state index in [1.54, 1.807) is 0 Å². The van der Waals surface area contributed by atoms with Gasteiger partial charge in [0.25, 0.3) is 0 Å². The number of primary amides is 1. The van der Waals surface area contributed by atoms with Crippen LogP contribution in [0, 0.1) is 5.92 Å². The summed E-state index contributed by atoms with van der Waals surface area (Å²) in [6.07, 6.45) is 1.97. The molecule has 2 N–H and O–H groups in total. The molecule has 0 aromatic rings. The fraction of sp³-hybridized carbons (Fsp3) is 0.833. The summed E-state index contributed by atoms with van der Waals surface area (Å²) in [7, 11) is 0. The van der Waals surface area contributed by atoms with Crippen molar-refractivity contribution in [3.8, 4) is 0 Å². The van der Waals surface area contributed by atoms with Crippen molar-refractivity contribution in [3.63, 3.8) is 0 Å². The summed E-state index contributed by atoms with van der Waals surface area (Å²) in [6, 6.07) is 0. The second kappa shape index (κ2) is 3.11. The van der Waals surface area contributed by atoms with Gasteiger partial charge in [-0.05, 0) is 24.3 Å². The van der Waals surface area contributed by atoms with Crippen LogP contribution in [0.3, 0.4) is 0 Å². The predicted octanol–water partition coefficient (Wildman–Crippen LogP) is 0.615. The molecule has 0 aromatic heterocycles. The first-order valence-electron chi connectivity index (χ1n) is 3.18. The molecule has 0 saturated carbocycles. The van der Waals surface area contributed by atoms with Crippen LogP contribution in [0.5, 0.6) is 0 Å². The first-order valence-corrected chi connectivity index (χ1v) is 4.33. The van der Waals surface area contributed by atoms with E-state index in [4.69, 9.17) is 5.73 Å². The Hall–Kier alpha value is -0.180. The highest BCUT2D eigenvalue weighted by Gasteiger charge is 2.17. The molecule has 1 fully saturated rings. The average Bonchev–Trinajstić information content (AvgIpc) is 1.90. The van der Waals surface area contributed by atoms with E-state index in [-0.39, 0.29) is 11.8 Å². The molecule has 0 unspecified atom stereocenters. The Morgan fingerprint density at radius 3 is 2.33 bits per heavy atom. The molecular weight excluding hydrogens is 134 g/mol. The van der Waals surface area contributed by atoms with Gasteiger partial charge < -0.3 is 5.73 Å². The third-order valence-corrected chi connectivity index (χ3v) is 2.67. The van der Waals surface area contributed by atoms with Gasteiger partial charge in [-0.3, -0.25) is 4.79 Å². The van der Waals surface area contributed by atoms with E-state index in [2.05, 4.69) is 0 Å². The minimum absolute atomic E-state index is 0.115. The molecule has 1 rings (SSSR count). The van der Waals surface area contributed by atoms with Gasteiger partial charge in [-0.15, -0.1) is 0 Å². The Kier molecular flexibility index (Phi) is 2.39. The zero-order chi connectivity index (χ0) is 6.69. The van der Waals surface area contributed by atoms with Crippen LogP contribution in [-0.2, 0) is 4.79 Å². The summed E-state index contributed by atoms with van der Waals surface area (Å²) < 4.78 is 0. The zero-order valence-corrected chi connectivity index (χ0v) is 6.12. The van der Waals surface area contributed by atoms with Crippen LogP contribution in [0.4, 0.5) is 0 Å². The molecule has 0 aromatic carbocycles. The van der Waals surface area contributed by atoms with E-state index in [9.17, 15) is 4.79 Å². The van der Waals surface area contributed by atoms with E-state index in [0.717, 1.165) is 24.3 Å².